The highest BCUT2D eigenvalue weighted by atomic mass is 32.2. The molecule has 0 saturated carbocycles. The van der Waals surface area contributed by atoms with Gasteiger partial charge in [0.05, 0.1) is 12.1 Å². The van der Waals surface area contributed by atoms with Crippen LogP contribution < -0.4 is 10.6 Å². The van der Waals surface area contributed by atoms with Crippen molar-refractivity contribution in [3.8, 4) is 0 Å². The average Bonchev–Trinajstić information content (AvgIpc) is 3.42. The van der Waals surface area contributed by atoms with Gasteiger partial charge in [-0.2, -0.15) is 16.9 Å². The van der Waals surface area contributed by atoms with E-state index in [1.807, 2.05) is 72.8 Å². The number of nitrogens with zero attached hydrogens (tertiary/aromatic N) is 2. The molecule has 0 aliphatic carbocycles. The Labute approximate surface area is 202 Å². The molecule has 4 aromatic rings. The third-order valence-corrected chi connectivity index (χ3v) is 6.95. The summed E-state index contributed by atoms with van der Waals surface area (Å²) in [6.45, 7) is 0.638. The molecule has 2 N–H and O–H groups in total. The number of rotatable bonds is 8. The number of benzene rings is 3. The van der Waals surface area contributed by atoms with Crippen LogP contribution in [0.1, 0.15) is 22.4 Å². The van der Waals surface area contributed by atoms with Crippen molar-refractivity contribution in [2.24, 2.45) is 0 Å². The van der Waals surface area contributed by atoms with Gasteiger partial charge in [-0.05, 0) is 28.3 Å². The molecule has 0 atom stereocenters. The summed E-state index contributed by atoms with van der Waals surface area (Å²) in [6.07, 6.45) is 1.03. The van der Waals surface area contributed by atoms with Gasteiger partial charge in [0.2, 0.25) is 11.8 Å². The Balaban J connectivity index is 1.26. The van der Waals surface area contributed by atoms with Crippen LogP contribution in [0.25, 0.3) is 10.8 Å². The highest BCUT2D eigenvalue weighted by Gasteiger charge is 2.25. The number of hydrogen-bond acceptors (Lipinski definition) is 4. The van der Waals surface area contributed by atoms with Crippen LogP contribution in [0.15, 0.2) is 72.8 Å². The lowest BCUT2D eigenvalue weighted by atomic mass is 10.0. The zero-order chi connectivity index (χ0) is 23.3. The predicted molar refractivity (Wildman–Crippen MR) is 137 cm³/mol. The molecule has 0 bridgehead atoms. The van der Waals surface area contributed by atoms with E-state index in [1.54, 1.807) is 16.4 Å². The molecule has 1 aliphatic rings. The van der Waals surface area contributed by atoms with Crippen molar-refractivity contribution in [2.75, 3.05) is 11.9 Å². The summed E-state index contributed by atoms with van der Waals surface area (Å²) in [7, 11) is 0. The topological polar surface area (TPSA) is 76.0 Å². The van der Waals surface area contributed by atoms with Gasteiger partial charge < -0.3 is 10.6 Å². The van der Waals surface area contributed by atoms with Crippen molar-refractivity contribution in [2.45, 2.75) is 30.9 Å². The Morgan fingerprint density at radius 3 is 2.59 bits per heavy atom. The molecule has 1 aromatic heterocycles. The first-order valence-electron chi connectivity index (χ1n) is 11.4. The van der Waals surface area contributed by atoms with Gasteiger partial charge in [-0.3, -0.25) is 9.59 Å². The van der Waals surface area contributed by atoms with Crippen LogP contribution in [-0.2, 0) is 40.5 Å². The maximum absolute atomic E-state index is 13.0. The van der Waals surface area contributed by atoms with Crippen LogP contribution in [0.4, 0.5) is 5.82 Å². The highest BCUT2D eigenvalue weighted by molar-refractivity contribution is 7.98. The van der Waals surface area contributed by atoms with Crippen LogP contribution in [0.3, 0.4) is 0 Å². The standard InChI is InChI=1S/C27H26N4O2S/c32-25(15-21-11-6-10-20-9-4-5-12-22(20)21)29-27-23-17-34-18-24(23)30-31(27)16-26(33)28-14-13-19-7-2-1-3-8-19/h1-12H,13-18H2,(H,28,33)(H,29,32). The van der Waals surface area contributed by atoms with E-state index in [0.717, 1.165) is 45.5 Å². The van der Waals surface area contributed by atoms with Crippen molar-refractivity contribution in [3.05, 3.63) is 95.2 Å². The Bertz CT molecular complexity index is 1330. The number of hydrogen-bond donors (Lipinski definition) is 2. The lowest BCUT2D eigenvalue weighted by Crippen LogP contribution is -2.30. The van der Waals surface area contributed by atoms with Crippen molar-refractivity contribution >= 4 is 40.2 Å². The monoisotopic (exact) mass is 470 g/mol. The van der Waals surface area contributed by atoms with Crippen LogP contribution >= 0.6 is 11.8 Å². The largest absolute Gasteiger partial charge is 0.354 e. The summed E-state index contributed by atoms with van der Waals surface area (Å²) in [5.74, 6) is 2.00. The van der Waals surface area contributed by atoms with Gasteiger partial charge in [0.1, 0.15) is 12.4 Å². The summed E-state index contributed by atoms with van der Waals surface area (Å²) < 4.78 is 1.64. The number of aromatic nitrogens is 2. The number of thioether (sulfide) groups is 1. The third-order valence-electron chi connectivity index (χ3n) is 5.98. The molecule has 34 heavy (non-hydrogen) atoms. The van der Waals surface area contributed by atoms with Gasteiger partial charge in [0, 0.05) is 23.6 Å². The van der Waals surface area contributed by atoms with Gasteiger partial charge in [-0.1, -0.05) is 72.8 Å². The van der Waals surface area contributed by atoms with Gasteiger partial charge >= 0.3 is 0 Å². The number of fused-ring (bicyclic) bond motifs is 2. The molecule has 3 aromatic carbocycles. The van der Waals surface area contributed by atoms with Crippen molar-refractivity contribution in [3.63, 3.8) is 0 Å². The van der Waals surface area contributed by atoms with Gasteiger partial charge in [0.15, 0.2) is 0 Å². The van der Waals surface area contributed by atoms with E-state index in [-0.39, 0.29) is 24.8 Å². The third kappa shape index (κ3) is 4.99. The second kappa shape index (κ2) is 10.1. The maximum Gasteiger partial charge on any atom is 0.241 e. The van der Waals surface area contributed by atoms with E-state index in [2.05, 4.69) is 15.7 Å². The Morgan fingerprint density at radius 1 is 0.912 bits per heavy atom. The average molecular weight is 471 g/mol. The molecular weight excluding hydrogens is 444 g/mol. The number of nitrogens with one attached hydrogen (secondary N) is 2. The summed E-state index contributed by atoms with van der Waals surface area (Å²) in [6, 6.07) is 24.1. The van der Waals surface area contributed by atoms with Gasteiger partial charge in [0.25, 0.3) is 0 Å². The normalized spacial score (nSPS) is 12.5. The van der Waals surface area contributed by atoms with Crippen LogP contribution in [-0.4, -0.2) is 28.1 Å². The molecule has 2 heterocycles. The molecule has 5 rings (SSSR count). The molecule has 7 heteroatoms. The van der Waals surface area contributed by atoms with Crippen LogP contribution in [0, 0.1) is 0 Å². The Morgan fingerprint density at radius 2 is 1.71 bits per heavy atom. The van der Waals surface area contributed by atoms with Crippen LogP contribution in [0.5, 0.6) is 0 Å². The van der Waals surface area contributed by atoms with Crippen molar-refractivity contribution in [1.82, 2.24) is 15.1 Å². The first-order valence-corrected chi connectivity index (χ1v) is 12.6. The van der Waals surface area contributed by atoms with E-state index in [4.69, 9.17) is 0 Å². The summed E-state index contributed by atoms with van der Waals surface area (Å²) in [5.41, 5.74) is 4.13. The highest BCUT2D eigenvalue weighted by Crippen LogP contribution is 2.34. The van der Waals surface area contributed by atoms with Gasteiger partial charge in [-0.15, -0.1) is 0 Å². The maximum atomic E-state index is 13.0. The molecule has 0 unspecified atom stereocenters. The quantitative estimate of drug-likeness (QED) is 0.402. The summed E-state index contributed by atoms with van der Waals surface area (Å²) in [4.78, 5) is 25.6. The molecular formula is C27H26N4O2S. The molecule has 2 amide bonds. The molecule has 172 valence electrons. The lowest BCUT2D eigenvalue weighted by molar-refractivity contribution is -0.122. The zero-order valence-corrected chi connectivity index (χ0v) is 19.6. The smallest absolute Gasteiger partial charge is 0.241 e. The molecule has 6 nitrogen and oxygen atoms in total. The summed E-state index contributed by atoms with van der Waals surface area (Å²) >= 11 is 1.77. The fraction of sp³-hybridized carbons (Fsp3) is 0.222. The van der Waals surface area contributed by atoms with Crippen LogP contribution in [0.2, 0.25) is 0 Å². The second-order valence-electron chi connectivity index (χ2n) is 8.37. The van der Waals surface area contributed by atoms with E-state index in [1.165, 1.54) is 5.56 Å². The molecule has 0 spiro atoms. The minimum Gasteiger partial charge on any atom is -0.354 e. The van der Waals surface area contributed by atoms with Crippen molar-refractivity contribution < 1.29 is 9.59 Å². The predicted octanol–water partition coefficient (Wildman–Crippen LogP) is 4.32. The zero-order valence-electron chi connectivity index (χ0n) is 18.8. The van der Waals surface area contributed by atoms with E-state index >= 15 is 0 Å². The van der Waals surface area contributed by atoms with E-state index in [0.29, 0.717) is 12.4 Å². The first kappa shape index (κ1) is 22.2. The first-order chi connectivity index (χ1) is 16.7. The number of carbonyl (C=O) groups excluding carboxylic acids is 2. The minimum atomic E-state index is -0.116. The molecule has 0 radical (unpaired) electrons. The summed E-state index contributed by atoms with van der Waals surface area (Å²) in [5, 5.41) is 12.8. The Kier molecular flexibility index (Phi) is 6.62. The Hall–Kier alpha value is -3.58. The second-order valence-corrected chi connectivity index (χ2v) is 9.36. The van der Waals surface area contributed by atoms with Crippen molar-refractivity contribution in [1.29, 1.82) is 0 Å². The van der Waals surface area contributed by atoms with Gasteiger partial charge in [-0.25, -0.2) is 4.68 Å². The SMILES string of the molecule is O=C(Cn1nc2c(c1NC(=O)Cc1cccc3ccccc13)CSC2)NCCc1ccccc1. The fourth-order valence-corrected chi connectivity index (χ4v) is 5.33. The number of amides is 2. The lowest BCUT2D eigenvalue weighted by Gasteiger charge is -2.12. The molecule has 0 fully saturated rings. The minimum absolute atomic E-state index is 0.0797. The van der Waals surface area contributed by atoms with E-state index in [9.17, 15) is 9.59 Å². The molecule has 1 aliphatic heterocycles. The molecule has 0 saturated heterocycles. The fourth-order valence-electron chi connectivity index (χ4n) is 4.30. The van der Waals surface area contributed by atoms with E-state index < -0.39 is 0 Å². The number of anilines is 1. The number of carbonyl (C=O) groups is 2.